The van der Waals surface area contributed by atoms with Gasteiger partial charge in [0.1, 0.15) is 0 Å². The maximum atomic E-state index is 10.9. The summed E-state index contributed by atoms with van der Waals surface area (Å²) in [4.78, 5) is 21.7. The van der Waals surface area contributed by atoms with Crippen LogP contribution >= 0.6 is 12.6 Å². The summed E-state index contributed by atoms with van der Waals surface area (Å²) in [6.07, 6.45) is 3.71. The lowest BCUT2D eigenvalue weighted by atomic mass is 10.1. The van der Waals surface area contributed by atoms with Gasteiger partial charge in [-0.3, -0.25) is 4.79 Å². The van der Waals surface area contributed by atoms with Crippen LogP contribution in [-0.2, 0) is 16.0 Å². The third-order valence-electron chi connectivity index (χ3n) is 2.01. The highest BCUT2D eigenvalue weighted by Crippen LogP contribution is 2.07. The minimum Gasteiger partial charge on any atom is -0.466 e. The van der Waals surface area contributed by atoms with Crippen molar-refractivity contribution >= 4 is 23.7 Å². The lowest BCUT2D eigenvalue weighted by Gasteiger charge is -1.98. The van der Waals surface area contributed by atoms with Crippen LogP contribution in [0.4, 0.5) is 0 Å². The summed E-state index contributed by atoms with van der Waals surface area (Å²) in [5, 5.41) is -0.253. The fourth-order valence-electron chi connectivity index (χ4n) is 1.14. The fraction of sp³-hybridized carbons (Fsp3) is 0.167. The van der Waals surface area contributed by atoms with Crippen molar-refractivity contribution in [3.63, 3.8) is 0 Å². The van der Waals surface area contributed by atoms with Crippen LogP contribution < -0.4 is 0 Å². The molecule has 0 atom stereocenters. The number of rotatable bonds is 4. The van der Waals surface area contributed by atoms with Crippen LogP contribution in [0.1, 0.15) is 15.9 Å². The van der Waals surface area contributed by atoms with E-state index in [0.717, 1.165) is 5.56 Å². The second-order valence-corrected chi connectivity index (χ2v) is 3.54. The van der Waals surface area contributed by atoms with Crippen LogP contribution in [0.5, 0.6) is 0 Å². The van der Waals surface area contributed by atoms with Crippen molar-refractivity contribution in [3.8, 4) is 0 Å². The number of thiol groups is 1. The smallest absolute Gasteiger partial charge is 0.330 e. The lowest BCUT2D eigenvalue weighted by Crippen LogP contribution is -1.94. The minimum absolute atomic E-state index is 0.253. The molecule has 0 heterocycles. The molecule has 0 saturated heterocycles. The summed E-state index contributed by atoms with van der Waals surface area (Å²) in [6.45, 7) is 0. The molecule has 3 nitrogen and oxygen atoms in total. The Balaban J connectivity index is 2.59. The Bertz CT molecular complexity index is 407. The molecule has 0 aromatic heterocycles. The zero-order chi connectivity index (χ0) is 12.0. The Labute approximate surface area is 99.5 Å². The zero-order valence-electron chi connectivity index (χ0n) is 8.84. The number of esters is 1. The largest absolute Gasteiger partial charge is 0.466 e. The number of allylic oxidation sites excluding steroid dienone is 1. The summed E-state index contributed by atoms with van der Waals surface area (Å²) < 4.78 is 4.46. The highest BCUT2D eigenvalue weighted by Gasteiger charge is 1.98. The molecule has 0 amide bonds. The van der Waals surface area contributed by atoms with Crippen molar-refractivity contribution in [2.45, 2.75) is 6.42 Å². The molecule has 0 bridgehead atoms. The van der Waals surface area contributed by atoms with E-state index in [1.807, 2.05) is 12.1 Å². The Morgan fingerprint density at radius 1 is 1.31 bits per heavy atom. The lowest BCUT2D eigenvalue weighted by molar-refractivity contribution is -0.134. The van der Waals surface area contributed by atoms with Crippen LogP contribution in [0.25, 0.3) is 0 Å². The van der Waals surface area contributed by atoms with Crippen molar-refractivity contribution in [3.05, 3.63) is 47.5 Å². The molecule has 1 rings (SSSR count). The maximum absolute atomic E-state index is 10.9. The Morgan fingerprint density at radius 3 is 2.44 bits per heavy atom. The normalized spacial score (nSPS) is 10.4. The number of methoxy groups -OCH3 is 1. The molecule has 16 heavy (non-hydrogen) atoms. The first kappa shape index (κ1) is 12.5. The maximum Gasteiger partial charge on any atom is 0.330 e. The Hall–Kier alpha value is -1.55. The van der Waals surface area contributed by atoms with E-state index in [1.165, 1.54) is 13.2 Å². The molecule has 1 aromatic carbocycles. The van der Waals surface area contributed by atoms with Gasteiger partial charge in [0.2, 0.25) is 5.12 Å². The average Bonchev–Trinajstić information content (AvgIpc) is 2.29. The van der Waals surface area contributed by atoms with Gasteiger partial charge in [-0.15, -0.1) is 12.6 Å². The van der Waals surface area contributed by atoms with E-state index in [0.29, 0.717) is 12.0 Å². The average molecular weight is 236 g/mol. The van der Waals surface area contributed by atoms with Crippen molar-refractivity contribution in [1.29, 1.82) is 0 Å². The van der Waals surface area contributed by atoms with Gasteiger partial charge >= 0.3 is 5.97 Å². The highest BCUT2D eigenvalue weighted by molar-refractivity contribution is 7.97. The zero-order valence-corrected chi connectivity index (χ0v) is 9.74. The van der Waals surface area contributed by atoms with Crippen molar-refractivity contribution < 1.29 is 14.3 Å². The summed E-state index contributed by atoms with van der Waals surface area (Å²) in [5.41, 5.74) is 1.57. The number of hydrogen-bond acceptors (Lipinski definition) is 3. The first-order valence-corrected chi connectivity index (χ1v) is 5.15. The minimum atomic E-state index is -0.373. The number of hydrogen-bond donors (Lipinski definition) is 1. The second kappa shape index (κ2) is 6.12. The van der Waals surface area contributed by atoms with E-state index in [1.54, 1.807) is 18.2 Å². The SMILES string of the molecule is COC(=O)/C=C/Cc1ccc(C(=O)S)cc1. The molecule has 84 valence electrons. The summed E-state index contributed by atoms with van der Waals surface area (Å²) in [6, 6.07) is 7.06. The predicted octanol–water partition coefficient (Wildman–Crippen LogP) is 2.03. The van der Waals surface area contributed by atoms with E-state index in [9.17, 15) is 9.59 Å². The first-order valence-electron chi connectivity index (χ1n) is 4.70. The quantitative estimate of drug-likeness (QED) is 0.494. The standard InChI is InChI=1S/C12H12O3S/c1-15-11(13)4-2-3-9-5-7-10(8-6-9)12(14)16/h2,4-8H,3H2,1H3,(H,14,16)/b4-2+. The molecule has 0 unspecified atom stereocenters. The van der Waals surface area contributed by atoms with Gasteiger partial charge in [0, 0.05) is 11.6 Å². The molecular formula is C12H12O3S. The number of carbonyl (C=O) groups excluding carboxylic acids is 2. The molecule has 0 fully saturated rings. The van der Waals surface area contributed by atoms with Gasteiger partial charge in [-0.25, -0.2) is 4.79 Å². The molecule has 0 N–H and O–H groups in total. The van der Waals surface area contributed by atoms with Crippen LogP contribution in [0.15, 0.2) is 36.4 Å². The number of carbonyl (C=O) groups is 2. The van der Waals surface area contributed by atoms with Gasteiger partial charge in [0.15, 0.2) is 0 Å². The van der Waals surface area contributed by atoms with Crippen LogP contribution in [0.2, 0.25) is 0 Å². The van der Waals surface area contributed by atoms with E-state index < -0.39 is 0 Å². The summed E-state index contributed by atoms with van der Waals surface area (Å²) >= 11 is 3.72. The van der Waals surface area contributed by atoms with Gasteiger partial charge in [-0.1, -0.05) is 30.3 Å². The summed E-state index contributed by atoms with van der Waals surface area (Å²) in [5.74, 6) is -0.373. The van der Waals surface area contributed by atoms with Gasteiger partial charge < -0.3 is 4.74 Å². The molecular weight excluding hydrogens is 224 g/mol. The molecule has 4 heteroatoms. The molecule has 0 aliphatic heterocycles. The van der Waals surface area contributed by atoms with Crippen molar-refractivity contribution in [2.24, 2.45) is 0 Å². The molecule has 0 saturated carbocycles. The van der Waals surface area contributed by atoms with Gasteiger partial charge in [-0.2, -0.15) is 0 Å². The fourth-order valence-corrected chi connectivity index (χ4v) is 1.29. The van der Waals surface area contributed by atoms with E-state index in [-0.39, 0.29) is 11.1 Å². The van der Waals surface area contributed by atoms with Gasteiger partial charge in [0.05, 0.1) is 7.11 Å². The Morgan fingerprint density at radius 2 is 1.94 bits per heavy atom. The van der Waals surface area contributed by atoms with Gasteiger partial charge in [0.25, 0.3) is 0 Å². The molecule has 0 spiro atoms. The van der Waals surface area contributed by atoms with Crippen LogP contribution in [-0.4, -0.2) is 18.2 Å². The van der Waals surface area contributed by atoms with Gasteiger partial charge in [-0.05, 0) is 12.0 Å². The molecule has 0 aliphatic carbocycles. The van der Waals surface area contributed by atoms with Crippen molar-refractivity contribution in [1.82, 2.24) is 0 Å². The topological polar surface area (TPSA) is 43.4 Å². The highest BCUT2D eigenvalue weighted by atomic mass is 32.1. The third-order valence-corrected chi connectivity index (χ3v) is 2.27. The third kappa shape index (κ3) is 3.90. The van der Waals surface area contributed by atoms with E-state index >= 15 is 0 Å². The first-order chi connectivity index (χ1) is 7.63. The van der Waals surface area contributed by atoms with E-state index in [4.69, 9.17) is 0 Å². The van der Waals surface area contributed by atoms with Crippen LogP contribution in [0.3, 0.4) is 0 Å². The number of ether oxygens (including phenoxy) is 1. The number of benzene rings is 1. The molecule has 0 aliphatic rings. The Kier molecular flexibility index (Phi) is 4.79. The monoisotopic (exact) mass is 236 g/mol. The predicted molar refractivity (Wildman–Crippen MR) is 64.6 cm³/mol. The molecule has 0 radical (unpaired) electrons. The second-order valence-electron chi connectivity index (χ2n) is 3.13. The summed E-state index contributed by atoms with van der Waals surface area (Å²) in [7, 11) is 1.33. The van der Waals surface area contributed by atoms with Crippen molar-refractivity contribution in [2.75, 3.05) is 7.11 Å². The van der Waals surface area contributed by atoms with E-state index in [2.05, 4.69) is 17.4 Å². The molecule has 1 aromatic rings. The van der Waals surface area contributed by atoms with Crippen LogP contribution in [0, 0.1) is 0 Å².